The molecule has 1 fully saturated rings. The van der Waals surface area contributed by atoms with Gasteiger partial charge in [-0.15, -0.1) is 0 Å². The number of carbonyl (C=O) groups is 3. The third-order valence-corrected chi connectivity index (χ3v) is 7.01. The highest BCUT2D eigenvalue weighted by atomic mass is 35.5. The van der Waals surface area contributed by atoms with E-state index in [-0.39, 0.29) is 17.5 Å². The van der Waals surface area contributed by atoms with Crippen molar-refractivity contribution >= 4 is 34.8 Å². The molecule has 3 N–H and O–H groups in total. The van der Waals surface area contributed by atoms with Gasteiger partial charge in [0.25, 0.3) is 0 Å². The molecule has 2 aliphatic rings. The van der Waals surface area contributed by atoms with Crippen molar-refractivity contribution in [3.05, 3.63) is 64.7 Å². The first kappa shape index (κ1) is 21.5. The zero-order valence-electron chi connectivity index (χ0n) is 17.2. The standard InChI is InChI=1S/C24H25ClN2O4/c1-26-24(23(30)31,13-20(28)22(29)14-6-4-7-15(25)12-14)21-16-8-2-3-10-18(16)27-19-11-5-9-17(19)21/h2-4,6-8,10,12,17,19,21,26-27H,5,9,11,13H2,1H3,(H,30,31). The maximum absolute atomic E-state index is 13.1. The summed E-state index contributed by atoms with van der Waals surface area (Å²) in [5, 5.41) is 17.2. The molecule has 0 spiro atoms. The number of halogens is 1. The maximum Gasteiger partial charge on any atom is 0.325 e. The number of benzene rings is 2. The number of anilines is 1. The van der Waals surface area contributed by atoms with Crippen molar-refractivity contribution in [3.63, 3.8) is 0 Å². The number of nitrogens with one attached hydrogen (secondary N) is 2. The molecule has 7 heteroatoms. The third kappa shape index (κ3) is 3.75. The number of rotatable bonds is 7. The predicted molar refractivity (Wildman–Crippen MR) is 119 cm³/mol. The normalized spacial score (nSPS) is 23.7. The zero-order valence-corrected chi connectivity index (χ0v) is 18.0. The first-order chi connectivity index (χ1) is 14.9. The second-order valence-electron chi connectivity index (χ2n) is 8.38. The minimum atomic E-state index is -1.60. The Hall–Kier alpha value is -2.70. The van der Waals surface area contributed by atoms with Gasteiger partial charge in [0.05, 0.1) is 0 Å². The van der Waals surface area contributed by atoms with E-state index in [1.807, 2.05) is 24.3 Å². The van der Waals surface area contributed by atoms with Crippen molar-refractivity contribution < 1.29 is 19.5 Å². The Bertz CT molecular complexity index is 1040. The third-order valence-electron chi connectivity index (χ3n) is 6.77. The Morgan fingerprint density at radius 1 is 1.16 bits per heavy atom. The van der Waals surface area contributed by atoms with Crippen LogP contribution in [-0.2, 0) is 9.59 Å². The van der Waals surface area contributed by atoms with Crippen molar-refractivity contribution in [3.8, 4) is 0 Å². The van der Waals surface area contributed by atoms with Crippen molar-refractivity contribution in [1.29, 1.82) is 0 Å². The maximum atomic E-state index is 13.1. The van der Waals surface area contributed by atoms with Crippen LogP contribution in [0.5, 0.6) is 0 Å². The lowest BCUT2D eigenvalue weighted by atomic mass is 9.65. The van der Waals surface area contributed by atoms with Gasteiger partial charge in [0.2, 0.25) is 11.6 Å². The van der Waals surface area contributed by atoms with Crippen LogP contribution in [0.2, 0.25) is 5.02 Å². The van der Waals surface area contributed by atoms with Crippen LogP contribution in [0, 0.1) is 5.92 Å². The van der Waals surface area contributed by atoms with Gasteiger partial charge in [-0.25, -0.2) is 0 Å². The van der Waals surface area contributed by atoms with E-state index < -0.39 is 35.4 Å². The molecule has 4 atom stereocenters. The first-order valence-electron chi connectivity index (χ1n) is 10.5. The number of fused-ring (bicyclic) bond motifs is 2. The number of carboxylic acid groups (broad SMARTS) is 1. The molecule has 0 bridgehead atoms. The van der Waals surface area contributed by atoms with Crippen molar-refractivity contribution in [2.75, 3.05) is 12.4 Å². The molecule has 0 saturated heterocycles. The molecule has 0 aromatic heterocycles. The van der Waals surface area contributed by atoms with E-state index in [1.54, 1.807) is 19.2 Å². The minimum absolute atomic E-state index is 0.0486. The Morgan fingerprint density at radius 3 is 2.65 bits per heavy atom. The molecule has 0 amide bonds. The molecule has 1 aliphatic heterocycles. The Kier molecular flexibility index (Phi) is 5.86. The summed E-state index contributed by atoms with van der Waals surface area (Å²) in [6.45, 7) is 0. The number of aliphatic carboxylic acids is 1. The molecular weight excluding hydrogens is 416 g/mol. The topological polar surface area (TPSA) is 95.5 Å². The van der Waals surface area contributed by atoms with Crippen molar-refractivity contribution in [2.45, 2.75) is 43.2 Å². The molecule has 6 nitrogen and oxygen atoms in total. The van der Waals surface area contributed by atoms with Gasteiger partial charge in [-0.2, -0.15) is 0 Å². The smallest absolute Gasteiger partial charge is 0.325 e. The summed E-state index contributed by atoms with van der Waals surface area (Å²) in [6, 6.07) is 13.9. The largest absolute Gasteiger partial charge is 0.480 e. The van der Waals surface area contributed by atoms with Gasteiger partial charge in [0.15, 0.2) is 0 Å². The second kappa shape index (κ2) is 8.44. The fraction of sp³-hybridized carbons (Fsp3) is 0.375. The van der Waals surface area contributed by atoms with Gasteiger partial charge in [-0.3, -0.25) is 14.4 Å². The van der Waals surface area contributed by atoms with E-state index in [1.165, 1.54) is 12.1 Å². The molecule has 162 valence electrons. The number of para-hydroxylation sites is 1. The number of likely N-dealkylation sites (N-methyl/N-ethyl adjacent to an activating group) is 1. The van der Waals surface area contributed by atoms with Crippen LogP contribution in [0.15, 0.2) is 48.5 Å². The van der Waals surface area contributed by atoms with Crippen LogP contribution < -0.4 is 10.6 Å². The molecule has 4 unspecified atom stereocenters. The molecular formula is C24H25ClN2O4. The molecule has 1 heterocycles. The molecule has 4 rings (SSSR count). The van der Waals surface area contributed by atoms with Crippen LogP contribution in [-0.4, -0.2) is 41.3 Å². The monoisotopic (exact) mass is 440 g/mol. The molecule has 1 aliphatic carbocycles. The lowest BCUT2D eigenvalue weighted by Gasteiger charge is -2.46. The van der Waals surface area contributed by atoms with E-state index in [2.05, 4.69) is 10.6 Å². The van der Waals surface area contributed by atoms with Crippen LogP contribution >= 0.6 is 11.6 Å². The SMILES string of the molecule is CNC(CC(=O)C(=O)c1cccc(Cl)c1)(C(=O)O)C1c2ccccc2NC2CCCC21. The highest BCUT2D eigenvalue weighted by Gasteiger charge is 2.55. The average molecular weight is 441 g/mol. The van der Waals surface area contributed by atoms with E-state index in [0.717, 1.165) is 30.5 Å². The van der Waals surface area contributed by atoms with Gasteiger partial charge in [-0.1, -0.05) is 48.4 Å². The summed E-state index contributed by atoms with van der Waals surface area (Å²) in [6.07, 6.45) is 2.36. The summed E-state index contributed by atoms with van der Waals surface area (Å²) >= 11 is 5.97. The number of Topliss-reactive ketones (excluding diaryl/α,β-unsaturated/α-hetero) is 2. The van der Waals surface area contributed by atoms with E-state index in [9.17, 15) is 19.5 Å². The van der Waals surface area contributed by atoms with Gasteiger partial charge < -0.3 is 15.7 Å². The number of hydrogen-bond donors (Lipinski definition) is 3. The summed E-state index contributed by atoms with van der Waals surface area (Å²) in [5.41, 5.74) is 0.324. The van der Waals surface area contributed by atoms with Crippen molar-refractivity contribution in [1.82, 2.24) is 5.32 Å². The first-order valence-corrected chi connectivity index (χ1v) is 10.9. The lowest BCUT2D eigenvalue weighted by Crippen LogP contribution is -2.60. The summed E-state index contributed by atoms with van der Waals surface area (Å²) in [5.74, 6) is -3.00. The van der Waals surface area contributed by atoms with Crippen LogP contribution in [0.1, 0.15) is 47.5 Å². The Labute approximate surface area is 186 Å². The van der Waals surface area contributed by atoms with E-state index >= 15 is 0 Å². The van der Waals surface area contributed by atoms with Gasteiger partial charge in [0, 0.05) is 34.7 Å². The molecule has 2 aromatic rings. The lowest BCUT2D eigenvalue weighted by molar-refractivity contribution is -0.148. The average Bonchev–Trinajstić information content (AvgIpc) is 3.23. The number of hydrogen-bond acceptors (Lipinski definition) is 5. The summed E-state index contributed by atoms with van der Waals surface area (Å²) in [4.78, 5) is 38.6. The fourth-order valence-electron chi connectivity index (χ4n) is 5.32. The van der Waals surface area contributed by atoms with Crippen LogP contribution in [0.4, 0.5) is 5.69 Å². The molecule has 31 heavy (non-hydrogen) atoms. The van der Waals surface area contributed by atoms with Gasteiger partial charge in [0.1, 0.15) is 5.54 Å². The van der Waals surface area contributed by atoms with Gasteiger partial charge >= 0.3 is 5.97 Å². The molecule has 2 aromatic carbocycles. The van der Waals surface area contributed by atoms with Crippen molar-refractivity contribution in [2.24, 2.45) is 5.92 Å². The predicted octanol–water partition coefficient (Wildman–Crippen LogP) is 3.90. The summed E-state index contributed by atoms with van der Waals surface area (Å²) in [7, 11) is 1.56. The van der Waals surface area contributed by atoms with E-state index in [0.29, 0.717) is 5.02 Å². The van der Waals surface area contributed by atoms with Crippen LogP contribution in [0.3, 0.4) is 0 Å². The molecule has 0 radical (unpaired) electrons. The number of carbonyl (C=O) groups excluding carboxylic acids is 2. The molecule has 1 saturated carbocycles. The van der Waals surface area contributed by atoms with E-state index in [4.69, 9.17) is 11.6 Å². The Balaban J connectivity index is 1.75. The zero-order chi connectivity index (χ0) is 22.2. The number of ketones is 2. The quantitative estimate of drug-likeness (QED) is 0.446. The highest BCUT2D eigenvalue weighted by Crippen LogP contribution is 2.51. The second-order valence-corrected chi connectivity index (χ2v) is 8.81. The Morgan fingerprint density at radius 2 is 1.94 bits per heavy atom. The number of carboxylic acids is 1. The summed E-state index contributed by atoms with van der Waals surface area (Å²) < 4.78 is 0. The van der Waals surface area contributed by atoms with Gasteiger partial charge in [-0.05, 0) is 49.6 Å². The van der Waals surface area contributed by atoms with Crippen LogP contribution in [0.25, 0.3) is 0 Å². The fourth-order valence-corrected chi connectivity index (χ4v) is 5.51. The highest BCUT2D eigenvalue weighted by molar-refractivity contribution is 6.44. The minimum Gasteiger partial charge on any atom is -0.480 e.